The lowest BCUT2D eigenvalue weighted by atomic mass is 10.3. The second-order valence-corrected chi connectivity index (χ2v) is 5.79. The van der Waals surface area contributed by atoms with Gasteiger partial charge < -0.3 is 9.47 Å². The molecule has 0 fully saturated rings. The fourth-order valence-electron chi connectivity index (χ4n) is 1.47. The van der Waals surface area contributed by atoms with Crippen LogP contribution in [0.3, 0.4) is 0 Å². The highest BCUT2D eigenvalue weighted by Crippen LogP contribution is 2.21. The normalized spacial score (nSPS) is 10.9. The number of benzene rings is 1. The van der Waals surface area contributed by atoms with Gasteiger partial charge in [0.15, 0.2) is 11.6 Å². The van der Waals surface area contributed by atoms with Crippen LogP contribution in [0.25, 0.3) is 0 Å². The van der Waals surface area contributed by atoms with Crippen molar-refractivity contribution >= 4 is 21.7 Å². The molecule has 0 saturated carbocycles. The van der Waals surface area contributed by atoms with E-state index in [0.717, 1.165) is 6.07 Å². The number of carbonyl (C=O) groups excluding carboxylic acids is 1. The van der Waals surface area contributed by atoms with Crippen LogP contribution in [-0.2, 0) is 19.6 Å². The fourth-order valence-corrected chi connectivity index (χ4v) is 2.58. The van der Waals surface area contributed by atoms with Gasteiger partial charge in [0, 0.05) is 12.5 Å². The van der Waals surface area contributed by atoms with Gasteiger partial charge in [0.2, 0.25) is 10.0 Å². The summed E-state index contributed by atoms with van der Waals surface area (Å²) < 4.78 is 48.2. The summed E-state index contributed by atoms with van der Waals surface area (Å²) in [6.45, 7) is 0. The van der Waals surface area contributed by atoms with Crippen molar-refractivity contribution in [3.63, 3.8) is 0 Å². The van der Waals surface area contributed by atoms with Crippen molar-refractivity contribution in [3.05, 3.63) is 24.0 Å². The summed E-state index contributed by atoms with van der Waals surface area (Å²) in [7, 11) is -1.09. The number of sulfonamides is 1. The third-order valence-electron chi connectivity index (χ3n) is 2.45. The van der Waals surface area contributed by atoms with E-state index in [1.807, 2.05) is 0 Å². The van der Waals surface area contributed by atoms with Crippen LogP contribution in [0, 0.1) is 5.82 Å². The van der Waals surface area contributed by atoms with Crippen molar-refractivity contribution < 1.29 is 27.1 Å². The van der Waals surface area contributed by atoms with Crippen LogP contribution >= 0.6 is 0 Å². The minimum Gasteiger partial charge on any atom is -0.494 e. The molecule has 0 saturated heterocycles. The third kappa shape index (κ3) is 5.04. The zero-order chi connectivity index (χ0) is 15.2. The summed E-state index contributed by atoms with van der Waals surface area (Å²) in [4.78, 5) is 10.9. The molecule has 1 aromatic carbocycles. The Kier molecular flexibility index (Phi) is 5.75. The molecule has 0 aliphatic rings. The molecule has 1 aromatic rings. The maximum absolute atomic E-state index is 13.4. The van der Waals surface area contributed by atoms with Crippen LogP contribution in [0.15, 0.2) is 18.2 Å². The van der Waals surface area contributed by atoms with Crippen LogP contribution in [-0.4, -0.2) is 34.4 Å². The van der Waals surface area contributed by atoms with Crippen LogP contribution in [0.4, 0.5) is 10.1 Å². The molecule has 1 N–H and O–H groups in total. The van der Waals surface area contributed by atoms with Gasteiger partial charge in [0.1, 0.15) is 0 Å². The molecule has 0 aliphatic carbocycles. The second kappa shape index (κ2) is 7.09. The lowest BCUT2D eigenvalue weighted by molar-refractivity contribution is -0.140. The topological polar surface area (TPSA) is 81.7 Å². The molecule has 8 heteroatoms. The molecule has 20 heavy (non-hydrogen) atoms. The number of ether oxygens (including phenoxy) is 2. The predicted molar refractivity (Wildman–Crippen MR) is 71.6 cm³/mol. The number of carbonyl (C=O) groups is 1. The zero-order valence-electron chi connectivity index (χ0n) is 11.2. The Labute approximate surface area is 116 Å². The Morgan fingerprint density at radius 2 is 2.05 bits per heavy atom. The molecule has 1 rings (SSSR count). The van der Waals surface area contributed by atoms with E-state index in [1.165, 1.54) is 26.4 Å². The van der Waals surface area contributed by atoms with Gasteiger partial charge in [-0.2, -0.15) is 0 Å². The lowest BCUT2D eigenvalue weighted by Gasteiger charge is -2.09. The molecule has 0 unspecified atom stereocenters. The molecule has 0 amide bonds. The van der Waals surface area contributed by atoms with E-state index in [2.05, 4.69) is 9.46 Å². The Balaban J connectivity index is 2.62. The second-order valence-electron chi connectivity index (χ2n) is 3.95. The standard InChI is InChI=1S/C12H16FNO5S/c1-18-11-6-5-9(8-10(11)13)14-20(16,17)7-3-4-12(15)19-2/h5-6,8,14H,3-4,7H2,1-2H3. The quantitative estimate of drug-likeness (QED) is 0.773. The van der Waals surface area contributed by atoms with Crippen molar-refractivity contribution in [2.75, 3.05) is 24.7 Å². The highest BCUT2D eigenvalue weighted by atomic mass is 32.2. The maximum atomic E-state index is 13.4. The Morgan fingerprint density at radius 1 is 1.35 bits per heavy atom. The molecular formula is C12H16FNO5S. The first-order valence-corrected chi connectivity index (χ1v) is 7.44. The minimum absolute atomic E-state index is 0.00832. The third-order valence-corrected chi connectivity index (χ3v) is 3.82. The van der Waals surface area contributed by atoms with Crippen molar-refractivity contribution in [1.29, 1.82) is 0 Å². The van der Waals surface area contributed by atoms with Crippen LogP contribution in [0.2, 0.25) is 0 Å². The van der Waals surface area contributed by atoms with Gasteiger partial charge >= 0.3 is 5.97 Å². The number of hydrogen-bond acceptors (Lipinski definition) is 5. The summed E-state index contributed by atoms with van der Waals surface area (Å²) in [5.74, 6) is -1.37. The fraction of sp³-hybridized carbons (Fsp3) is 0.417. The zero-order valence-corrected chi connectivity index (χ0v) is 12.0. The summed E-state index contributed by atoms with van der Waals surface area (Å²) in [6.07, 6.45) is 0.134. The Morgan fingerprint density at radius 3 is 2.60 bits per heavy atom. The van der Waals surface area contributed by atoms with Crippen LogP contribution in [0.5, 0.6) is 5.75 Å². The summed E-state index contributed by atoms with van der Waals surface area (Å²) >= 11 is 0. The van der Waals surface area contributed by atoms with Gasteiger partial charge in [0.25, 0.3) is 0 Å². The highest BCUT2D eigenvalue weighted by molar-refractivity contribution is 7.92. The SMILES string of the molecule is COC(=O)CCCS(=O)(=O)Nc1ccc(OC)c(F)c1. The molecule has 0 aromatic heterocycles. The van der Waals surface area contributed by atoms with Gasteiger partial charge in [-0.1, -0.05) is 0 Å². The van der Waals surface area contributed by atoms with Gasteiger partial charge in [-0.15, -0.1) is 0 Å². The average molecular weight is 305 g/mol. The first-order chi connectivity index (χ1) is 9.38. The van der Waals surface area contributed by atoms with E-state index >= 15 is 0 Å². The van der Waals surface area contributed by atoms with Crippen molar-refractivity contribution in [2.24, 2.45) is 0 Å². The van der Waals surface area contributed by atoms with Gasteiger partial charge in [-0.05, 0) is 18.6 Å². The number of esters is 1. The number of nitrogens with one attached hydrogen (secondary N) is 1. The van der Waals surface area contributed by atoms with Gasteiger partial charge in [-0.3, -0.25) is 9.52 Å². The first kappa shape index (κ1) is 16.2. The number of rotatable bonds is 7. The predicted octanol–water partition coefficient (Wildman–Crippen LogP) is 1.53. The van der Waals surface area contributed by atoms with Crippen molar-refractivity contribution in [3.8, 4) is 5.75 Å². The highest BCUT2D eigenvalue weighted by Gasteiger charge is 2.13. The maximum Gasteiger partial charge on any atom is 0.305 e. The molecule has 0 radical (unpaired) electrons. The molecule has 112 valence electrons. The first-order valence-electron chi connectivity index (χ1n) is 5.79. The lowest BCUT2D eigenvalue weighted by Crippen LogP contribution is -2.17. The number of halogens is 1. The van der Waals surface area contributed by atoms with Crippen molar-refractivity contribution in [2.45, 2.75) is 12.8 Å². The summed E-state index contributed by atoms with van der Waals surface area (Å²) in [6, 6.07) is 3.73. The molecule has 0 spiro atoms. The summed E-state index contributed by atoms with van der Waals surface area (Å²) in [5, 5.41) is 0. The average Bonchev–Trinajstić information content (AvgIpc) is 2.38. The molecule has 6 nitrogen and oxygen atoms in total. The molecule has 0 heterocycles. The molecular weight excluding hydrogens is 289 g/mol. The smallest absolute Gasteiger partial charge is 0.305 e. The minimum atomic E-state index is -3.64. The molecule has 0 bridgehead atoms. The number of methoxy groups -OCH3 is 2. The van der Waals surface area contributed by atoms with Gasteiger partial charge in [-0.25, -0.2) is 12.8 Å². The van der Waals surface area contributed by atoms with E-state index in [-0.39, 0.29) is 30.0 Å². The molecule has 0 atom stereocenters. The largest absolute Gasteiger partial charge is 0.494 e. The Hall–Kier alpha value is -1.83. The van der Waals surface area contributed by atoms with E-state index in [4.69, 9.17) is 4.74 Å². The molecule has 0 aliphatic heterocycles. The number of anilines is 1. The van der Waals surface area contributed by atoms with Crippen LogP contribution < -0.4 is 9.46 Å². The van der Waals surface area contributed by atoms with E-state index in [9.17, 15) is 17.6 Å². The van der Waals surface area contributed by atoms with Crippen molar-refractivity contribution in [1.82, 2.24) is 0 Å². The van der Waals surface area contributed by atoms with Crippen LogP contribution in [0.1, 0.15) is 12.8 Å². The summed E-state index contributed by atoms with van der Waals surface area (Å²) in [5.41, 5.74) is 0.0985. The Bertz CT molecular complexity index is 573. The van der Waals surface area contributed by atoms with E-state index in [0.29, 0.717) is 0 Å². The number of hydrogen-bond donors (Lipinski definition) is 1. The monoisotopic (exact) mass is 305 g/mol. The van der Waals surface area contributed by atoms with Gasteiger partial charge in [0.05, 0.1) is 25.7 Å². The van der Waals surface area contributed by atoms with E-state index < -0.39 is 21.8 Å². The van der Waals surface area contributed by atoms with E-state index in [1.54, 1.807) is 0 Å².